The number of ketones is 2. The van der Waals surface area contributed by atoms with Crippen molar-refractivity contribution in [3.05, 3.63) is 53.1 Å². The number of fused-ring (bicyclic) bond motifs is 7. The van der Waals surface area contributed by atoms with Gasteiger partial charge in [0.25, 0.3) is 0 Å². The van der Waals surface area contributed by atoms with Crippen molar-refractivity contribution in [3.8, 4) is 0 Å². The van der Waals surface area contributed by atoms with Crippen LogP contribution >= 0.6 is 11.6 Å². The molecule has 2 N–H and O–H groups in total. The number of aliphatic hydroxyl groups is 2. The molecule has 1 aromatic rings. The Hall–Kier alpha value is -2.13. The Morgan fingerprint density at radius 2 is 1.92 bits per heavy atom. The van der Waals surface area contributed by atoms with Crippen LogP contribution in [0, 0.1) is 28.6 Å². The van der Waals surface area contributed by atoms with Gasteiger partial charge in [-0.1, -0.05) is 24.6 Å². The zero-order chi connectivity index (χ0) is 26.5. The highest BCUT2D eigenvalue weighted by molar-refractivity contribution is 6.30. The Morgan fingerprint density at radius 1 is 1.22 bits per heavy atom. The monoisotopic (exact) mass is 533 g/mol. The lowest BCUT2D eigenvalue weighted by Crippen LogP contribution is -2.70. The van der Waals surface area contributed by atoms with Crippen LogP contribution in [0.1, 0.15) is 33.1 Å². The van der Waals surface area contributed by atoms with E-state index in [9.17, 15) is 19.8 Å². The van der Waals surface area contributed by atoms with Crippen molar-refractivity contribution in [3.63, 3.8) is 0 Å². The van der Waals surface area contributed by atoms with Crippen LogP contribution in [0.4, 0.5) is 14.5 Å². The van der Waals surface area contributed by atoms with Crippen LogP contribution in [-0.2, 0) is 14.4 Å². The minimum Gasteiger partial charge on any atom is -0.390 e. The highest BCUT2D eigenvalue weighted by Crippen LogP contribution is 2.72. The van der Waals surface area contributed by atoms with Crippen LogP contribution in [0.5, 0.6) is 0 Å². The Labute approximate surface area is 218 Å². The molecule has 6 nitrogen and oxygen atoms in total. The molecule has 9 heteroatoms. The third kappa shape index (κ3) is 2.96. The lowest BCUT2D eigenvalue weighted by Gasteiger charge is -2.63. The van der Waals surface area contributed by atoms with Crippen molar-refractivity contribution in [1.29, 1.82) is 0 Å². The highest BCUT2D eigenvalue weighted by atomic mass is 35.5. The molecule has 0 unspecified atom stereocenters. The van der Waals surface area contributed by atoms with Crippen LogP contribution in [0.2, 0.25) is 5.02 Å². The maximum Gasteiger partial charge on any atom is 0.193 e. The summed E-state index contributed by atoms with van der Waals surface area (Å²) >= 11 is 6.03. The first kappa shape index (κ1) is 25.2. The number of rotatable bonds is 3. The molecule has 9 atom stereocenters. The molecule has 0 bridgehead atoms. The SMILES string of the molecule is C[C@]12C=CC(=O)C=C1[C@@H](F)C[C@H]1[C@@H]3C[C@H]4CN(c5ccc(Cl)cc5)O[C@@]4(C(=O)CO)[C@@]3(C)C[C@H](O)[C@@]12F. The minimum atomic E-state index is -2.24. The van der Waals surface area contributed by atoms with E-state index in [2.05, 4.69) is 0 Å². The van der Waals surface area contributed by atoms with Gasteiger partial charge in [-0.2, -0.15) is 0 Å². The fourth-order valence-electron chi connectivity index (χ4n) is 8.63. The molecule has 3 saturated carbocycles. The average molecular weight is 534 g/mol. The van der Waals surface area contributed by atoms with E-state index >= 15 is 8.78 Å². The molecule has 1 aliphatic heterocycles. The molecule has 0 radical (unpaired) electrons. The molecule has 37 heavy (non-hydrogen) atoms. The molecule has 6 rings (SSSR count). The number of hydrogen-bond acceptors (Lipinski definition) is 6. The molecule has 0 aromatic heterocycles. The third-order valence-corrected chi connectivity index (χ3v) is 10.5. The van der Waals surface area contributed by atoms with Crippen LogP contribution in [0.25, 0.3) is 0 Å². The van der Waals surface area contributed by atoms with Crippen LogP contribution in [0.15, 0.2) is 48.1 Å². The smallest absolute Gasteiger partial charge is 0.193 e. The van der Waals surface area contributed by atoms with Gasteiger partial charge >= 0.3 is 0 Å². The van der Waals surface area contributed by atoms with Gasteiger partial charge in [-0.15, -0.1) is 0 Å². The number of carbonyl (C=O) groups is 2. The largest absolute Gasteiger partial charge is 0.390 e. The molecule has 1 heterocycles. The van der Waals surface area contributed by atoms with E-state index < -0.39 is 70.3 Å². The number of hydrogen-bond donors (Lipinski definition) is 2. The van der Waals surface area contributed by atoms with Gasteiger partial charge in [0.15, 0.2) is 22.8 Å². The van der Waals surface area contributed by atoms with Gasteiger partial charge in [-0.05, 0) is 74.1 Å². The Balaban J connectivity index is 1.44. The predicted octanol–water partition coefficient (Wildman–Crippen LogP) is 3.94. The Kier molecular flexibility index (Phi) is 5.40. The number of nitrogens with zero attached hydrogens (tertiary/aromatic N) is 1. The molecule has 1 saturated heterocycles. The zero-order valence-electron chi connectivity index (χ0n) is 20.7. The molecule has 4 fully saturated rings. The number of anilines is 1. The number of allylic oxidation sites excluding steroid dienone is 4. The predicted molar refractivity (Wildman–Crippen MR) is 132 cm³/mol. The second kappa shape index (κ2) is 7.94. The van der Waals surface area contributed by atoms with Crippen LogP contribution < -0.4 is 5.06 Å². The lowest BCUT2D eigenvalue weighted by atomic mass is 9.44. The van der Waals surface area contributed by atoms with Crippen molar-refractivity contribution < 1.29 is 33.4 Å². The second-order valence-corrected chi connectivity index (χ2v) is 12.2. The van der Waals surface area contributed by atoms with Crippen molar-refractivity contribution >= 4 is 28.9 Å². The van der Waals surface area contributed by atoms with Crippen LogP contribution in [-0.4, -0.2) is 58.5 Å². The van der Waals surface area contributed by atoms with Crippen molar-refractivity contribution in [2.24, 2.45) is 28.6 Å². The summed E-state index contributed by atoms with van der Waals surface area (Å²) in [5, 5.41) is 23.7. The van der Waals surface area contributed by atoms with Gasteiger partial charge < -0.3 is 10.2 Å². The van der Waals surface area contributed by atoms with E-state index in [1.165, 1.54) is 12.2 Å². The number of alkyl halides is 2. The molecule has 4 aliphatic carbocycles. The first-order chi connectivity index (χ1) is 17.4. The van der Waals surface area contributed by atoms with E-state index in [-0.39, 0.29) is 18.4 Å². The van der Waals surface area contributed by atoms with E-state index in [4.69, 9.17) is 16.4 Å². The van der Waals surface area contributed by atoms with Crippen LogP contribution in [0.3, 0.4) is 0 Å². The summed E-state index contributed by atoms with van der Waals surface area (Å²) in [6.07, 6.45) is 0.768. The Bertz CT molecular complexity index is 1240. The molecular formula is C28H30ClF2NO5. The molecule has 198 valence electrons. The van der Waals surface area contributed by atoms with Gasteiger partial charge in [0.2, 0.25) is 0 Å². The minimum absolute atomic E-state index is 0.0610. The molecule has 0 spiro atoms. The second-order valence-electron chi connectivity index (χ2n) is 11.7. The highest BCUT2D eigenvalue weighted by Gasteiger charge is 2.79. The van der Waals surface area contributed by atoms with Gasteiger partial charge in [-0.3, -0.25) is 19.5 Å². The summed E-state index contributed by atoms with van der Waals surface area (Å²) in [4.78, 5) is 32.0. The fraction of sp³-hybridized carbons (Fsp3) is 0.571. The fourth-order valence-corrected chi connectivity index (χ4v) is 8.75. The molecule has 1 aromatic carbocycles. The number of benzene rings is 1. The number of aliphatic hydroxyl groups excluding tert-OH is 2. The van der Waals surface area contributed by atoms with Gasteiger partial charge in [0.1, 0.15) is 12.8 Å². The third-order valence-electron chi connectivity index (χ3n) is 10.3. The number of hydroxylamine groups is 1. The maximum atomic E-state index is 17.4. The summed E-state index contributed by atoms with van der Waals surface area (Å²) in [6, 6.07) is 6.95. The molecular weight excluding hydrogens is 504 g/mol. The van der Waals surface area contributed by atoms with Gasteiger partial charge in [-0.25, -0.2) is 8.78 Å². The first-order valence-electron chi connectivity index (χ1n) is 12.7. The zero-order valence-corrected chi connectivity index (χ0v) is 21.4. The standard InChI is InChI=1S/C28H30ClF2NO5/c1-25-8-7-18(34)10-21(25)22(30)11-20-19-9-15-13-32(17-5-3-16(29)4-6-17)37-28(15,24(36)14-33)26(19,2)12-23(35)27(20,25)31/h3-8,10,15,19-20,22-23,33,35H,9,11-14H2,1-2H3/t15-,19-,20-,22-,23-,25-,26-,27-,28-/m0/s1. The quantitative estimate of drug-likeness (QED) is 0.612. The van der Waals surface area contributed by atoms with Crippen molar-refractivity contribution in [1.82, 2.24) is 0 Å². The average Bonchev–Trinajstić information content (AvgIpc) is 3.36. The number of Topliss-reactive ketones (excluding diaryl/α,β-unsaturated/α-hetero) is 1. The summed E-state index contributed by atoms with van der Waals surface area (Å²) in [6.45, 7) is 2.91. The number of carbonyl (C=O) groups excluding carboxylic acids is 2. The Morgan fingerprint density at radius 3 is 2.59 bits per heavy atom. The number of halogens is 3. The normalized spacial score (nSPS) is 46.1. The lowest BCUT2D eigenvalue weighted by molar-refractivity contribution is -0.228. The molecule has 5 aliphatic rings. The summed E-state index contributed by atoms with van der Waals surface area (Å²) in [5.41, 5.74) is -5.56. The topological polar surface area (TPSA) is 87.1 Å². The summed E-state index contributed by atoms with van der Waals surface area (Å²) in [7, 11) is 0. The van der Waals surface area contributed by atoms with Crippen molar-refractivity contribution in [2.75, 3.05) is 18.2 Å². The molecule has 0 amide bonds. The van der Waals surface area contributed by atoms with E-state index in [0.717, 1.165) is 6.08 Å². The van der Waals surface area contributed by atoms with E-state index in [1.54, 1.807) is 43.2 Å². The van der Waals surface area contributed by atoms with Gasteiger partial charge in [0.05, 0.1) is 18.3 Å². The first-order valence-corrected chi connectivity index (χ1v) is 13.1. The summed E-state index contributed by atoms with van der Waals surface area (Å²) in [5.74, 6) is -2.74. The van der Waals surface area contributed by atoms with Gasteiger partial charge in [0, 0.05) is 27.7 Å². The van der Waals surface area contributed by atoms with Crippen molar-refractivity contribution in [2.45, 2.75) is 56.7 Å². The summed E-state index contributed by atoms with van der Waals surface area (Å²) < 4.78 is 33.0. The maximum absolute atomic E-state index is 17.4. The van der Waals surface area contributed by atoms with E-state index in [0.29, 0.717) is 23.7 Å². The van der Waals surface area contributed by atoms with E-state index in [1.807, 2.05) is 0 Å².